The van der Waals surface area contributed by atoms with E-state index < -0.39 is 7.26 Å². The van der Waals surface area contributed by atoms with Crippen molar-refractivity contribution in [3.05, 3.63) is 0 Å². The molecule has 0 saturated heterocycles. The second-order valence-corrected chi connectivity index (χ2v) is 19.7. The Morgan fingerprint density at radius 1 is 0.225 bits per heavy atom. The van der Waals surface area contributed by atoms with Crippen LogP contribution in [0.5, 0.6) is 0 Å². The molecule has 0 bridgehead atoms. The number of unbranched alkanes of at least 4 members (excludes halogenated alkanes) is 33. The van der Waals surface area contributed by atoms with Crippen molar-refractivity contribution in [1.82, 2.24) is 0 Å². The minimum absolute atomic E-state index is 0.520. The molecule has 0 aliphatic rings. The first-order valence-electron chi connectivity index (χ1n) is 19.4. The minimum Gasteiger partial charge on any atom is -0.0654 e. The molecular formula is C39H82P+. The van der Waals surface area contributed by atoms with Crippen LogP contribution in [0.25, 0.3) is 0 Å². The molecule has 0 radical (unpaired) electrons. The first-order chi connectivity index (χ1) is 19.6. The van der Waals surface area contributed by atoms with E-state index in [2.05, 4.69) is 26.9 Å². The van der Waals surface area contributed by atoms with Crippen molar-refractivity contribution in [1.29, 1.82) is 0 Å². The summed E-state index contributed by atoms with van der Waals surface area (Å²) in [5, 5.41) is 0. The fraction of sp³-hybridized carbons (Fsp3) is 1.00. The van der Waals surface area contributed by atoms with Crippen LogP contribution < -0.4 is 0 Å². The normalized spacial score (nSPS) is 12.0. The van der Waals surface area contributed by atoms with Crippen LogP contribution in [0.2, 0.25) is 0 Å². The Balaban J connectivity index is 3.04. The molecular weight excluding hydrogens is 499 g/mol. The minimum atomic E-state index is -0.520. The van der Waals surface area contributed by atoms with E-state index >= 15 is 0 Å². The smallest absolute Gasteiger partial charge is 0.0586 e. The Bertz CT molecular complexity index is 437. The van der Waals surface area contributed by atoms with Crippen LogP contribution in [0, 0.1) is 0 Å². The van der Waals surface area contributed by atoms with Gasteiger partial charge < -0.3 is 0 Å². The van der Waals surface area contributed by atoms with E-state index in [-0.39, 0.29) is 0 Å². The maximum absolute atomic E-state index is 2.48. The summed E-state index contributed by atoms with van der Waals surface area (Å²) in [6, 6.07) is 0. The van der Waals surface area contributed by atoms with Gasteiger partial charge in [-0.15, -0.1) is 0 Å². The van der Waals surface area contributed by atoms with Crippen LogP contribution in [0.15, 0.2) is 0 Å². The molecule has 0 heterocycles. The highest BCUT2D eigenvalue weighted by molar-refractivity contribution is 7.73. The SMILES string of the molecule is CCCCCCCCCCCCCCCCCCCCCCCCCCCCCCCCCCCC[P+](C)(C)C. The fourth-order valence-corrected chi connectivity index (χ4v) is 7.49. The lowest BCUT2D eigenvalue weighted by atomic mass is 10.0. The standard InChI is InChI=1S/C39H82P/c1-5-6-7-8-9-10-11-12-13-14-15-16-17-18-19-20-21-22-23-24-25-26-27-28-29-30-31-32-33-34-35-36-37-38-39-40(2,3)4/h5-39H2,1-4H3/q+1. The van der Waals surface area contributed by atoms with Gasteiger partial charge in [0.1, 0.15) is 0 Å². The van der Waals surface area contributed by atoms with Crippen molar-refractivity contribution in [3.8, 4) is 0 Å². The summed E-state index contributed by atoms with van der Waals surface area (Å²) in [5.41, 5.74) is 0. The highest BCUT2D eigenvalue weighted by Crippen LogP contribution is 2.47. The molecule has 0 aliphatic carbocycles. The molecule has 0 aliphatic heterocycles. The van der Waals surface area contributed by atoms with Crippen LogP contribution in [-0.2, 0) is 0 Å². The molecule has 0 nitrogen and oxygen atoms in total. The second kappa shape index (κ2) is 33.9. The lowest BCUT2D eigenvalue weighted by Gasteiger charge is -2.10. The second-order valence-electron chi connectivity index (χ2n) is 14.7. The van der Waals surface area contributed by atoms with Crippen molar-refractivity contribution >= 4 is 7.26 Å². The Morgan fingerprint density at radius 3 is 0.525 bits per heavy atom. The van der Waals surface area contributed by atoms with Gasteiger partial charge in [0, 0.05) is 27.3 Å². The van der Waals surface area contributed by atoms with E-state index in [1.54, 1.807) is 0 Å². The molecule has 0 aromatic carbocycles. The highest BCUT2D eigenvalue weighted by Gasteiger charge is 2.15. The van der Waals surface area contributed by atoms with Crippen molar-refractivity contribution in [2.75, 3.05) is 26.2 Å². The zero-order valence-corrected chi connectivity index (χ0v) is 30.1. The van der Waals surface area contributed by atoms with Gasteiger partial charge in [0.15, 0.2) is 0 Å². The van der Waals surface area contributed by atoms with Crippen LogP contribution in [0.1, 0.15) is 225 Å². The lowest BCUT2D eigenvalue weighted by molar-refractivity contribution is 0.511. The van der Waals surface area contributed by atoms with Crippen LogP contribution in [-0.4, -0.2) is 26.2 Å². The molecule has 0 atom stereocenters. The summed E-state index contributed by atoms with van der Waals surface area (Å²) in [7, 11) is -0.520. The van der Waals surface area contributed by atoms with Gasteiger partial charge in [-0.05, 0) is 12.8 Å². The quantitative estimate of drug-likeness (QED) is 0.0516. The van der Waals surface area contributed by atoms with Crippen LogP contribution >= 0.6 is 7.26 Å². The Kier molecular flexibility index (Phi) is 34.3. The molecule has 0 amide bonds. The average molecular weight is 582 g/mol. The van der Waals surface area contributed by atoms with Gasteiger partial charge >= 0.3 is 0 Å². The van der Waals surface area contributed by atoms with E-state index in [4.69, 9.17) is 0 Å². The molecule has 242 valence electrons. The third-order valence-electron chi connectivity index (χ3n) is 9.18. The van der Waals surface area contributed by atoms with Crippen LogP contribution in [0.3, 0.4) is 0 Å². The lowest BCUT2D eigenvalue weighted by Crippen LogP contribution is -1.93. The summed E-state index contributed by atoms with van der Waals surface area (Å²) in [5.74, 6) is 0. The molecule has 0 rings (SSSR count). The monoisotopic (exact) mass is 582 g/mol. The summed E-state index contributed by atoms with van der Waals surface area (Å²) in [4.78, 5) is 0. The molecule has 40 heavy (non-hydrogen) atoms. The number of rotatable bonds is 35. The summed E-state index contributed by atoms with van der Waals surface area (Å²) in [6.07, 6.45) is 52.1. The van der Waals surface area contributed by atoms with E-state index in [0.29, 0.717) is 0 Å². The Hall–Kier alpha value is 0.430. The molecule has 0 unspecified atom stereocenters. The van der Waals surface area contributed by atoms with Gasteiger partial charge in [-0.3, -0.25) is 0 Å². The van der Waals surface area contributed by atoms with Crippen molar-refractivity contribution in [2.45, 2.75) is 225 Å². The van der Waals surface area contributed by atoms with E-state index in [1.807, 2.05) is 0 Å². The third kappa shape index (κ3) is 38.4. The zero-order valence-electron chi connectivity index (χ0n) is 29.2. The van der Waals surface area contributed by atoms with Gasteiger partial charge in [-0.2, -0.15) is 0 Å². The topological polar surface area (TPSA) is 0 Å². The van der Waals surface area contributed by atoms with Gasteiger partial charge in [-0.1, -0.05) is 212 Å². The maximum atomic E-state index is 2.48. The van der Waals surface area contributed by atoms with E-state index in [9.17, 15) is 0 Å². The first kappa shape index (κ1) is 40.4. The molecule has 0 aromatic rings. The maximum Gasteiger partial charge on any atom is 0.0586 e. The predicted octanol–water partition coefficient (Wildman–Crippen LogP) is 15.2. The predicted molar refractivity (Wildman–Crippen MR) is 192 cm³/mol. The van der Waals surface area contributed by atoms with Gasteiger partial charge in [0.2, 0.25) is 0 Å². The molecule has 1 heteroatoms. The molecule has 0 fully saturated rings. The van der Waals surface area contributed by atoms with E-state index in [0.717, 1.165) is 0 Å². The van der Waals surface area contributed by atoms with E-state index in [1.165, 1.54) is 224 Å². The fourth-order valence-electron chi connectivity index (χ4n) is 6.32. The zero-order chi connectivity index (χ0) is 29.2. The largest absolute Gasteiger partial charge is 0.0654 e. The summed E-state index contributed by atoms with van der Waals surface area (Å²) in [6.45, 7) is 9.76. The van der Waals surface area contributed by atoms with Gasteiger partial charge in [0.25, 0.3) is 0 Å². The Labute approximate surface area is 258 Å². The van der Waals surface area contributed by atoms with Gasteiger partial charge in [-0.25, -0.2) is 0 Å². The molecule has 0 aromatic heterocycles. The first-order valence-corrected chi connectivity index (χ1v) is 22.7. The highest BCUT2D eigenvalue weighted by atomic mass is 31.2. The molecule has 0 spiro atoms. The van der Waals surface area contributed by atoms with Crippen molar-refractivity contribution in [3.63, 3.8) is 0 Å². The van der Waals surface area contributed by atoms with Crippen molar-refractivity contribution in [2.24, 2.45) is 0 Å². The van der Waals surface area contributed by atoms with Gasteiger partial charge in [0.05, 0.1) is 6.16 Å². The summed E-state index contributed by atoms with van der Waals surface area (Å²) >= 11 is 0. The average Bonchev–Trinajstić information content (AvgIpc) is 2.92. The third-order valence-corrected chi connectivity index (χ3v) is 10.8. The van der Waals surface area contributed by atoms with Crippen molar-refractivity contribution < 1.29 is 0 Å². The number of hydrogen-bond donors (Lipinski definition) is 0. The Morgan fingerprint density at radius 2 is 0.375 bits per heavy atom. The van der Waals surface area contributed by atoms with Crippen LogP contribution in [0.4, 0.5) is 0 Å². The summed E-state index contributed by atoms with van der Waals surface area (Å²) < 4.78 is 0. The molecule has 0 saturated carbocycles. The molecule has 0 N–H and O–H groups in total. The number of hydrogen-bond acceptors (Lipinski definition) is 0.